The van der Waals surface area contributed by atoms with E-state index in [9.17, 15) is 14.3 Å². The van der Waals surface area contributed by atoms with E-state index in [0.29, 0.717) is 16.5 Å². The molecule has 0 saturated carbocycles. The van der Waals surface area contributed by atoms with Crippen LogP contribution in [0, 0.1) is 5.82 Å². The van der Waals surface area contributed by atoms with Crippen molar-refractivity contribution in [1.82, 2.24) is 9.97 Å². The molecule has 19 heavy (non-hydrogen) atoms. The molecule has 2 rings (SSSR count). The van der Waals surface area contributed by atoms with Gasteiger partial charge in [0.15, 0.2) is 0 Å². The summed E-state index contributed by atoms with van der Waals surface area (Å²) >= 11 is 3.26. The van der Waals surface area contributed by atoms with Crippen molar-refractivity contribution in [3.8, 4) is 17.3 Å². The fourth-order valence-electron chi connectivity index (χ4n) is 1.77. The molecular weight excluding hydrogens is 315 g/mol. The molecule has 0 aliphatic carbocycles. The van der Waals surface area contributed by atoms with Crippen LogP contribution >= 0.6 is 15.9 Å². The normalized spacial score (nSPS) is 10.7. The van der Waals surface area contributed by atoms with Crippen molar-refractivity contribution >= 4 is 15.9 Å². The Bertz CT molecular complexity index is 670. The van der Waals surface area contributed by atoms with Gasteiger partial charge in [0.2, 0.25) is 5.88 Å². The zero-order chi connectivity index (χ0) is 14.0. The SMILES string of the molecule is CCCc1c(O)nc(-c2cc(F)ccc2Br)[nH]c1=O. The van der Waals surface area contributed by atoms with E-state index < -0.39 is 11.4 Å². The Morgan fingerprint density at radius 1 is 1.47 bits per heavy atom. The number of H-pyrrole nitrogens is 1. The highest BCUT2D eigenvalue weighted by Gasteiger charge is 2.13. The predicted octanol–water partition coefficient (Wildman–Crippen LogP) is 3.00. The number of rotatable bonds is 3. The third kappa shape index (κ3) is 2.84. The molecule has 0 fully saturated rings. The summed E-state index contributed by atoms with van der Waals surface area (Å²) in [7, 11) is 0. The lowest BCUT2D eigenvalue weighted by atomic mass is 10.1. The zero-order valence-electron chi connectivity index (χ0n) is 10.2. The van der Waals surface area contributed by atoms with Gasteiger partial charge in [0, 0.05) is 10.0 Å². The van der Waals surface area contributed by atoms with E-state index in [1.54, 1.807) is 0 Å². The number of halogens is 2. The maximum atomic E-state index is 13.2. The molecular formula is C13H12BrFN2O2. The van der Waals surface area contributed by atoms with Crippen LogP contribution < -0.4 is 5.56 Å². The molecule has 0 aliphatic heterocycles. The third-order valence-electron chi connectivity index (χ3n) is 2.68. The summed E-state index contributed by atoms with van der Waals surface area (Å²) in [5, 5.41) is 9.78. The fourth-order valence-corrected chi connectivity index (χ4v) is 2.20. The number of nitrogens with one attached hydrogen (secondary N) is 1. The molecule has 1 aromatic heterocycles. The summed E-state index contributed by atoms with van der Waals surface area (Å²) in [4.78, 5) is 18.3. The van der Waals surface area contributed by atoms with E-state index in [-0.39, 0.29) is 17.3 Å². The van der Waals surface area contributed by atoms with Crippen molar-refractivity contribution in [1.29, 1.82) is 0 Å². The summed E-state index contributed by atoms with van der Waals surface area (Å²) in [6.07, 6.45) is 1.17. The van der Waals surface area contributed by atoms with Crippen LogP contribution in [0.4, 0.5) is 4.39 Å². The van der Waals surface area contributed by atoms with Gasteiger partial charge in [0.25, 0.3) is 5.56 Å². The minimum absolute atomic E-state index is 0.133. The minimum Gasteiger partial charge on any atom is -0.493 e. The Labute approximate surface area is 117 Å². The molecule has 4 nitrogen and oxygen atoms in total. The Morgan fingerprint density at radius 3 is 2.84 bits per heavy atom. The summed E-state index contributed by atoms with van der Waals surface area (Å²) in [5.41, 5.74) is 0.231. The maximum Gasteiger partial charge on any atom is 0.258 e. The Hall–Kier alpha value is -1.69. The molecule has 6 heteroatoms. The van der Waals surface area contributed by atoms with E-state index in [1.165, 1.54) is 18.2 Å². The summed E-state index contributed by atoms with van der Waals surface area (Å²) in [6.45, 7) is 1.90. The molecule has 0 amide bonds. The van der Waals surface area contributed by atoms with Crippen LogP contribution in [0.5, 0.6) is 5.88 Å². The number of benzene rings is 1. The molecule has 0 aliphatic rings. The molecule has 0 radical (unpaired) electrons. The van der Waals surface area contributed by atoms with E-state index in [1.807, 2.05) is 6.92 Å². The van der Waals surface area contributed by atoms with Gasteiger partial charge < -0.3 is 10.1 Å². The topological polar surface area (TPSA) is 66.0 Å². The highest BCUT2D eigenvalue weighted by Crippen LogP contribution is 2.27. The molecule has 0 saturated heterocycles. The van der Waals surface area contributed by atoms with Crippen molar-refractivity contribution in [2.24, 2.45) is 0 Å². The van der Waals surface area contributed by atoms with Gasteiger partial charge in [-0.3, -0.25) is 4.79 Å². The minimum atomic E-state index is -0.446. The molecule has 0 unspecified atom stereocenters. The van der Waals surface area contributed by atoms with E-state index in [2.05, 4.69) is 25.9 Å². The highest BCUT2D eigenvalue weighted by molar-refractivity contribution is 9.10. The number of aromatic amines is 1. The summed E-state index contributed by atoms with van der Waals surface area (Å²) < 4.78 is 13.8. The fraction of sp³-hybridized carbons (Fsp3) is 0.231. The number of hydrogen-bond acceptors (Lipinski definition) is 3. The van der Waals surface area contributed by atoms with Crippen LogP contribution in [-0.4, -0.2) is 15.1 Å². The standard InChI is InChI=1S/C13H12BrFN2O2/c1-2-3-8-12(18)16-11(17-13(8)19)9-6-7(15)4-5-10(9)14/h4-6H,2-3H2,1H3,(H2,16,17,18,19). The lowest BCUT2D eigenvalue weighted by Crippen LogP contribution is -2.15. The Morgan fingerprint density at radius 2 is 2.21 bits per heavy atom. The van der Waals surface area contributed by atoms with Crippen molar-refractivity contribution in [2.75, 3.05) is 0 Å². The lowest BCUT2D eigenvalue weighted by molar-refractivity contribution is 0.443. The van der Waals surface area contributed by atoms with Gasteiger partial charge in [-0.15, -0.1) is 0 Å². The van der Waals surface area contributed by atoms with Crippen LogP contribution in [0.25, 0.3) is 11.4 Å². The van der Waals surface area contributed by atoms with Crippen LogP contribution in [0.1, 0.15) is 18.9 Å². The molecule has 2 aromatic rings. The number of hydrogen-bond donors (Lipinski definition) is 2. The molecule has 0 spiro atoms. The quantitative estimate of drug-likeness (QED) is 0.911. The highest BCUT2D eigenvalue weighted by atomic mass is 79.9. The monoisotopic (exact) mass is 326 g/mol. The van der Waals surface area contributed by atoms with Crippen LogP contribution in [0.2, 0.25) is 0 Å². The van der Waals surface area contributed by atoms with E-state index in [0.717, 1.165) is 6.42 Å². The molecule has 2 N–H and O–H groups in total. The first-order valence-electron chi connectivity index (χ1n) is 5.80. The first-order valence-corrected chi connectivity index (χ1v) is 6.59. The molecule has 1 aromatic carbocycles. The number of aromatic nitrogens is 2. The Kier molecular flexibility index (Phi) is 3.99. The number of aromatic hydroxyl groups is 1. The average Bonchev–Trinajstić information content (AvgIpc) is 2.36. The van der Waals surface area contributed by atoms with Gasteiger partial charge in [-0.05, 0) is 24.6 Å². The van der Waals surface area contributed by atoms with Crippen molar-refractivity contribution < 1.29 is 9.50 Å². The largest absolute Gasteiger partial charge is 0.493 e. The van der Waals surface area contributed by atoms with Gasteiger partial charge >= 0.3 is 0 Å². The van der Waals surface area contributed by atoms with Gasteiger partial charge in [-0.1, -0.05) is 29.3 Å². The second-order valence-electron chi connectivity index (χ2n) is 4.09. The summed E-state index contributed by atoms with van der Waals surface area (Å²) in [5.74, 6) is -0.622. The second kappa shape index (κ2) is 5.52. The summed E-state index contributed by atoms with van der Waals surface area (Å²) in [6, 6.07) is 4.04. The second-order valence-corrected chi connectivity index (χ2v) is 4.95. The van der Waals surface area contributed by atoms with E-state index in [4.69, 9.17) is 0 Å². The van der Waals surface area contributed by atoms with Gasteiger partial charge in [0.05, 0.1) is 5.56 Å². The van der Waals surface area contributed by atoms with Crippen molar-refractivity contribution in [2.45, 2.75) is 19.8 Å². The van der Waals surface area contributed by atoms with Crippen LogP contribution in [-0.2, 0) is 6.42 Å². The maximum absolute atomic E-state index is 13.2. The first kappa shape index (κ1) is 13.7. The number of nitrogens with zero attached hydrogens (tertiary/aromatic N) is 1. The van der Waals surface area contributed by atoms with Gasteiger partial charge in [-0.25, -0.2) is 4.39 Å². The first-order chi connectivity index (χ1) is 9.02. The average molecular weight is 327 g/mol. The molecule has 1 heterocycles. The predicted molar refractivity (Wildman–Crippen MR) is 73.6 cm³/mol. The van der Waals surface area contributed by atoms with Crippen LogP contribution in [0.3, 0.4) is 0 Å². The van der Waals surface area contributed by atoms with Crippen molar-refractivity contribution in [3.63, 3.8) is 0 Å². The van der Waals surface area contributed by atoms with Crippen LogP contribution in [0.15, 0.2) is 27.5 Å². The van der Waals surface area contributed by atoms with E-state index >= 15 is 0 Å². The lowest BCUT2D eigenvalue weighted by Gasteiger charge is -2.07. The molecule has 100 valence electrons. The molecule has 0 bridgehead atoms. The Balaban J connectivity index is 2.58. The zero-order valence-corrected chi connectivity index (χ0v) is 11.8. The van der Waals surface area contributed by atoms with Crippen molar-refractivity contribution in [3.05, 3.63) is 44.4 Å². The third-order valence-corrected chi connectivity index (χ3v) is 3.37. The molecule has 0 atom stereocenters. The van der Waals surface area contributed by atoms with Gasteiger partial charge in [0.1, 0.15) is 11.6 Å². The smallest absolute Gasteiger partial charge is 0.258 e. The van der Waals surface area contributed by atoms with Gasteiger partial charge in [-0.2, -0.15) is 4.98 Å².